The van der Waals surface area contributed by atoms with Gasteiger partial charge < -0.3 is 10.6 Å². The Bertz CT molecular complexity index is 458. The third-order valence-electron chi connectivity index (χ3n) is 3.94. The molecule has 3 N–H and O–H groups in total. The van der Waals surface area contributed by atoms with E-state index in [1.807, 2.05) is 12.1 Å². The SMILES string of the molecule is CC1CCN(c2cccc(Cl)c2C(=N)N)CC1C. The standard InChI is InChI=1S/C14H20ClN3/c1-9-6-7-18(8-10(9)2)12-5-3-4-11(15)13(12)14(16)17/h3-5,9-10H,6-8H2,1-2H3,(H3,16,17). The van der Waals surface area contributed by atoms with Crippen molar-refractivity contribution in [1.82, 2.24) is 0 Å². The third-order valence-corrected chi connectivity index (χ3v) is 4.25. The number of hydrogen-bond donors (Lipinski definition) is 2. The molecule has 3 nitrogen and oxygen atoms in total. The van der Waals surface area contributed by atoms with Crippen molar-refractivity contribution in [3.05, 3.63) is 28.8 Å². The minimum absolute atomic E-state index is 0.0434. The lowest BCUT2D eigenvalue weighted by Gasteiger charge is -2.37. The Morgan fingerprint density at radius 3 is 2.72 bits per heavy atom. The Labute approximate surface area is 113 Å². The monoisotopic (exact) mass is 265 g/mol. The van der Waals surface area contributed by atoms with E-state index in [0.717, 1.165) is 24.7 Å². The Kier molecular flexibility index (Phi) is 3.81. The molecule has 0 saturated carbocycles. The number of nitrogen functional groups attached to an aromatic ring is 1. The highest BCUT2D eigenvalue weighted by atomic mass is 35.5. The topological polar surface area (TPSA) is 53.1 Å². The lowest BCUT2D eigenvalue weighted by atomic mass is 9.88. The van der Waals surface area contributed by atoms with Gasteiger partial charge in [0, 0.05) is 18.8 Å². The zero-order valence-electron chi connectivity index (χ0n) is 10.9. The van der Waals surface area contributed by atoms with E-state index in [4.69, 9.17) is 22.7 Å². The molecule has 98 valence electrons. The molecule has 1 aromatic carbocycles. The van der Waals surface area contributed by atoms with E-state index in [1.54, 1.807) is 6.07 Å². The van der Waals surface area contributed by atoms with Crippen LogP contribution >= 0.6 is 11.6 Å². The normalized spacial score (nSPS) is 24.1. The minimum atomic E-state index is 0.0434. The van der Waals surface area contributed by atoms with Crippen LogP contribution in [0.4, 0.5) is 5.69 Å². The second-order valence-corrected chi connectivity index (χ2v) is 5.64. The van der Waals surface area contributed by atoms with Crippen LogP contribution in [-0.4, -0.2) is 18.9 Å². The summed E-state index contributed by atoms with van der Waals surface area (Å²) in [6.45, 7) is 6.58. The molecule has 0 spiro atoms. The molecule has 1 fully saturated rings. The first kappa shape index (κ1) is 13.2. The van der Waals surface area contributed by atoms with E-state index in [9.17, 15) is 0 Å². The van der Waals surface area contributed by atoms with Gasteiger partial charge in [0.05, 0.1) is 10.6 Å². The highest BCUT2D eigenvalue weighted by molar-refractivity contribution is 6.34. The average molecular weight is 266 g/mol. The van der Waals surface area contributed by atoms with Crippen molar-refractivity contribution in [2.75, 3.05) is 18.0 Å². The summed E-state index contributed by atoms with van der Waals surface area (Å²) in [7, 11) is 0. The molecule has 1 aromatic rings. The van der Waals surface area contributed by atoms with Crippen molar-refractivity contribution in [3.63, 3.8) is 0 Å². The molecule has 1 saturated heterocycles. The number of halogens is 1. The van der Waals surface area contributed by atoms with Crippen molar-refractivity contribution in [1.29, 1.82) is 5.41 Å². The molecule has 2 rings (SSSR count). The fourth-order valence-electron chi connectivity index (χ4n) is 2.52. The van der Waals surface area contributed by atoms with Gasteiger partial charge in [0.25, 0.3) is 0 Å². The highest BCUT2D eigenvalue weighted by Crippen LogP contribution is 2.32. The first-order valence-corrected chi connectivity index (χ1v) is 6.76. The Morgan fingerprint density at radius 1 is 1.39 bits per heavy atom. The van der Waals surface area contributed by atoms with E-state index in [-0.39, 0.29) is 5.84 Å². The van der Waals surface area contributed by atoms with Crippen LogP contribution in [0.2, 0.25) is 5.02 Å². The maximum absolute atomic E-state index is 7.69. The summed E-state index contributed by atoms with van der Waals surface area (Å²) in [6.07, 6.45) is 1.17. The molecule has 0 radical (unpaired) electrons. The van der Waals surface area contributed by atoms with Gasteiger partial charge in [0.1, 0.15) is 5.84 Å². The van der Waals surface area contributed by atoms with Crippen molar-refractivity contribution in [3.8, 4) is 0 Å². The summed E-state index contributed by atoms with van der Waals surface area (Å²) in [4.78, 5) is 2.30. The third kappa shape index (κ3) is 2.46. The number of piperidine rings is 1. The smallest absolute Gasteiger partial charge is 0.126 e. The summed E-state index contributed by atoms with van der Waals surface area (Å²) < 4.78 is 0. The molecule has 0 aliphatic carbocycles. The molecular weight excluding hydrogens is 246 g/mol. The van der Waals surface area contributed by atoms with E-state index in [0.29, 0.717) is 16.5 Å². The Balaban J connectivity index is 2.34. The lowest BCUT2D eigenvalue weighted by molar-refractivity contribution is 0.324. The van der Waals surface area contributed by atoms with Crippen molar-refractivity contribution in [2.24, 2.45) is 17.6 Å². The van der Waals surface area contributed by atoms with Gasteiger partial charge in [-0.2, -0.15) is 0 Å². The van der Waals surface area contributed by atoms with Crippen molar-refractivity contribution >= 4 is 23.1 Å². The first-order chi connectivity index (χ1) is 8.50. The summed E-state index contributed by atoms with van der Waals surface area (Å²) in [6, 6.07) is 5.72. The van der Waals surface area contributed by atoms with Gasteiger partial charge in [0.15, 0.2) is 0 Å². The molecule has 2 atom stereocenters. The van der Waals surface area contributed by atoms with E-state index in [1.165, 1.54) is 6.42 Å². The van der Waals surface area contributed by atoms with Crippen LogP contribution in [0.25, 0.3) is 0 Å². The minimum Gasteiger partial charge on any atom is -0.384 e. The number of amidine groups is 1. The first-order valence-electron chi connectivity index (χ1n) is 6.38. The molecule has 1 aliphatic heterocycles. The van der Waals surface area contributed by atoms with E-state index < -0.39 is 0 Å². The van der Waals surface area contributed by atoms with Gasteiger partial charge in [-0.3, -0.25) is 5.41 Å². The molecule has 0 aromatic heterocycles. The summed E-state index contributed by atoms with van der Waals surface area (Å²) in [5.41, 5.74) is 7.32. The summed E-state index contributed by atoms with van der Waals surface area (Å²) in [5, 5.41) is 8.25. The van der Waals surface area contributed by atoms with Crippen LogP contribution in [-0.2, 0) is 0 Å². The second-order valence-electron chi connectivity index (χ2n) is 5.24. The molecule has 2 unspecified atom stereocenters. The van der Waals surface area contributed by atoms with Gasteiger partial charge in [-0.1, -0.05) is 31.5 Å². The molecular formula is C14H20ClN3. The number of nitrogens with one attached hydrogen (secondary N) is 1. The zero-order chi connectivity index (χ0) is 13.3. The largest absolute Gasteiger partial charge is 0.384 e. The van der Waals surface area contributed by atoms with E-state index in [2.05, 4.69) is 18.7 Å². The highest BCUT2D eigenvalue weighted by Gasteiger charge is 2.25. The van der Waals surface area contributed by atoms with Gasteiger partial charge >= 0.3 is 0 Å². The predicted molar refractivity (Wildman–Crippen MR) is 77.6 cm³/mol. The number of anilines is 1. The van der Waals surface area contributed by atoms with Gasteiger partial charge in [-0.25, -0.2) is 0 Å². The van der Waals surface area contributed by atoms with E-state index >= 15 is 0 Å². The Hall–Kier alpha value is -1.22. The van der Waals surface area contributed by atoms with Crippen LogP contribution in [0.5, 0.6) is 0 Å². The molecule has 1 heterocycles. The fourth-order valence-corrected chi connectivity index (χ4v) is 2.80. The van der Waals surface area contributed by atoms with Gasteiger partial charge in [-0.15, -0.1) is 0 Å². The van der Waals surface area contributed by atoms with Crippen LogP contribution in [0, 0.1) is 17.2 Å². The number of nitrogens with zero attached hydrogens (tertiary/aromatic N) is 1. The lowest BCUT2D eigenvalue weighted by Crippen LogP contribution is -2.39. The summed E-state index contributed by atoms with van der Waals surface area (Å²) >= 11 is 6.16. The number of benzene rings is 1. The van der Waals surface area contributed by atoms with Crippen LogP contribution in [0.3, 0.4) is 0 Å². The fraction of sp³-hybridized carbons (Fsp3) is 0.500. The van der Waals surface area contributed by atoms with Crippen LogP contribution < -0.4 is 10.6 Å². The zero-order valence-corrected chi connectivity index (χ0v) is 11.7. The predicted octanol–water partition coefficient (Wildman–Crippen LogP) is 3.11. The number of nitrogens with two attached hydrogens (primary N) is 1. The van der Waals surface area contributed by atoms with Crippen molar-refractivity contribution in [2.45, 2.75) is 20.3 Å². The molecule has 18 heavy (non-hydrogen) atoms. The van der Waals surface area contributed by atoms with Gasteiger partial charge in [0.2, 0.25) is 0 Å². The van der Waals surface area contributed by atoms with Crippen LogP contribution in [0.1, 0.15) is 25.8 Å². The maximum atomic E-state index is 7.69. The Morgan fingerprint density at radius 2 is 2.11 bits per heavy atom. The summed E-state index contributed by atoms with van der Waals surface area (Å²) in [5.74, 6) is 1.45. The van der Waals surface area contributed by atoms with Crippen LogP contribution in [0.15, 0.2) is 18.2 Å². The quantitative estimate of drug-likeness (QED) is 0.638. The van der Waals surface area contributed by atoms with Gasteiger partial charge in [-0.05, 0) is 30.4 Å². The molecule has 0 amide bonds. The molecule has 0 bridgehead atoms. The molecule has 4 heteroatoms. The van der Waals surface area contributed by atoms with Crippen molar-refractivity contribution < 1.29 is 0 Å². The number of hydrogen-bond acceptors (Lipinski definition) is 2. The average Bonchev–Trinajstić information content (AvgIpc) is 2.32. The second kappa shape index (κ2) is 5.19. The molecule has 1 aliphatic rings. The maximum Gasteiger partial charge on any atom is 0.126 e. The number of rotatable bonds is 2.